The maximum Gasteiger partial charge on any atom is 0.0959 e. The molecule has 7 heavy (non-hydrogen) atoms. The summed E-state index contributed by atoms with van der Waals surface area (Å²) in [6, 6.07) is 0. The predicted octanol–water partition coefficient (Wildman–Crippen LogP) is 0.512. The molecule has 0 aromatic carbocycles. The van der Waals surface area contributed by atoms with Gasteiger partial charge in [-0.15, -0.1) is 0 Å². The Balaban J connectivity index is 2.54. The molecule has 0 amide bonds. The van der Waals surface area contributed by atoms with Gasteiger partial charge >= 0.3 is 0 Å². The summed E-state index contributed by atoms with van der Waals surface area (Å²) in [4.78, 5) is 6.13. The van der Waals surface area contributed by atoms with Gasteiger partial charge in [-0.25, -0.2) is 0 Å². The van der Waals surface area contributed by atoms with E-state index in [2.05, 4.69) is 11.5 Å². The second kappa shape index (κ2) is 1.52. The van der Waals surface area contributed by atoms with Gasteiger partial charge in [0.05, 0.1) is 18.9 Å². The lowest BCUT2D eigenvalue weighted by Gasteiger charge is -2.06. The summed E-state index contributed by atoms with van der Waals surface area (Å²) in [6.45, 7) is 4.92. The molecule has 0 N–H and O–H groups in total. The number of amidine groups is 1. The highest BCUT2D eigenvalue weighted by Gasteiger charge is 2.04. The van der Waals surface area contributed by atoms with Crippen LogP contribution >= 0.6 is 0 Å². The van der Waals surface area contributed by atoms with Crippen molar-refractivity contribution in [2.45, 2.75) is 6.92 Å². The van der Waals surface area contributed by atoms with Gasteiger partial charge < -0.3 is 4.90 Å². The Kier molecular flexibility index (Phi) is 1.01. The van der Waals surface area contributed by atoms with Crippen molar-refractivity contribution in [3.05, 3.63) is 6.54 Å². The van der Waals surface area contributed by atoms with Crippen LogP contribution in [0.3, 0.4) is 0 Å². The van der Waals surface area contributed by atoms with E-state index in [9.17, 15) is 0 Å². The average Bonchev–Trinajstić information content (AvgIpc) is 1.91. The molecule has 1 aliphatic heterocycles. The van der Waals surface area contributed by atoms with E-state index in [4.69, 9.17) is 0 Å². The maximum atomic E-state index is 4.10. The fourth-order valence-corrected chi connectivity index (χ4v) is 0.539. The van der Waals surface area contributed by atoms with Gasteiger partial charge in [0.25, 0.3) is 0 Å². The topological polar surface area (TPSA) is 15.6 Å². The zero-order valence-corrected chi connectivity index (χ0v) is 4.68. The first-order valence-electron chi connectivity index (χ1n) is 2.38. The van der Waals surface area contributed by atoms with E-state index in [1.54, 1.807) is 0 Å². The van der Waals surface area contributed by atoms with Crippen LogP contribution in [-0.4, -0.2) is 24.3 Å². The molecule has 0 unspecified atom stereocenters. The molecular formula is C5H9N2. The summed E-state index contributed by atoms with van der Waals surface area (Å²) >= 11 is 0. The third kappa shape index (κ3) is 0.734. The molecule has 1 heterocycles. The third-order valence-electron chi connectivity index (χ3n) is 1.19. The molecule has 39 valence electrons. The summed E-state index contributed by atoms with van der Waals surface area (Å²) in [5.41, 5.74) is 0. The highest BCUT2D eigenvalue weighted by atomic mass is 15.2. The van der Waals surface area contributed by atoms with Crippen LogP contribution in [-0.2, 0) is 0 Å². The van der Waals surface area contributed by atoms with Gasteiger partial charge in [0.2, 0.25) is 0 Å². The van der Waals surface area contributed by atoms with Crippen molar-refractivity contribution in [2.75, 3.05) is 13.6 Å². The molecule has 1 aliphatic rings. The van der Waals surface area contributed by atoms with E-state index >= 15 is 0 Å². The molecule has 0 fully saturated rings. The van der Waals surface area contributed by atoms with Crippen LogP contribution < -0.4 is 0 Å². The van der Waals surface area contributed by atoms with Crippen molar-refractivity contribution in [2.24, 2.45) is 4.99 Å². The van der Waals surface area contributed by atoms with Crippen molar-refractivity contribution >= 4 is 5.84 Å². The van der Waals surface area contributed by atoms with Crippen molar-refractivity contribution in [1.82, 2.24) is 4.90 Å². The second-order valence-electron chi connectivity index (χ2n) is 1.68. The summed E-state index contributed by atoms with van der Waals surface area (Å²) in [6.07, 6.45) is 0. The van der Waals surface area contributed by atoms with E-state index < -0.39 is 0 Å². The van der Waals surface area contributed by atoms with Crippen LogP contribution in [0.1, 0.15) is 6.92 Å². The Morgan fingerprint density at radius 1 is 1.86 bits per heavy atom. The van der Waals surface area contributed by atoms with Gasteiger partial charge in [0.15, 0.2) is 0 Å². The second-order valence-corrected chi connectivity index (χ2v) is 1.68. The lowest BCUT2D eigenvalue weighted by molar-refractivity contribution is 0.637. The molecule has 0 saturated heterocycles. The monoisotopic (exact) mass is 97.1 g/mol. The van der Waals surface area contributed by atoms with Gasteiger partial charge in [0, 0.05) is 7.05 Å². The Morgan fingerprint density at radius 3 is 2.71 bits per heavy atom. The van der Waals surface area contributed by atoms with Crippen LogP contribution in [0.5, 0.6) is 0 Å². The molecular weight excluding hydrogens is 88.1 g/mol. The van der Waals surface area contributed by atoms with Gasteiger partial charge in [-0.3, -0.25) is 4.99 Å². The standard InChI is InChI=1S/C5H9N2/c1-5-6-3-4-7(5)2/h4H,3H2,1-2H3. The molecule has 0 atom stereocenters. The normalized spacial score (nSPS) is 20.3. The number of likely N-dealkylation sites (N-methyl/N-ethyl adjacent to an activating group) is 1. The molecule has 2 heteroatoms. The lowest BCUT2D eigenvalue weighted by atomic mass is 10.6. The summed E-state index contributed by atoms with van der Waals surface area (Å²) in [5.74, 6) is 1.11. The molecule has 0 spiro atoms. The first kappa shape index (κ1) is 4.62. The first-order valence-corrected chi connectivity index (χ1v) is 2.38. The fourth-order valence-electron chi connectivity index (χ4n) is 0.539. The van der Waals surface area contributed by atoms with Crippen LogP contribution in [0.4, 0.5) is 0 Å². The fraction of sp³-hybridized carbons (Fsp3) is 0.600. The highest BCUT2D eigenvalue weighted by molar-refractivity contribution is 5.81. The Hall–Kier alpha value is -0.530. The largest absolute Gasteiger partial charge is 0.357 e. The number of aliphatic imine (C=N–C) groups is 1. The van der Waals surface area contributed by atoms with Crippen LogP contribution in [0.25, 0.3) is 0 Å². The Morgan fingerprint density at radius 2 is 2.57 bits per heavy atom. The molecule has 0 bridgehead atoms. The van der Waals surface area contributed by atoms with Crippen LogP contribution in [0.2, 0.25) is 0 Å². The molecule has 0 aromatic heterocycles. The summed E-state index contributed by atoms with van der Waals surface area (Å²) in [5, 5.41) is 0. The van der Waals surface area contributed by atoms with Gasteiger partial charge in [-0.2, -0.15) is 0 Å². The quantitative estimate of drug-likeness (QED) is 0.430. The van der Waals surface area contributed by atoms with Crippen molar-refractivity contribution < 1.29 is 0 Å². The molecule has 1 rings (SSSR count). The Bertz CT molecular complexity index is 96.3. The van der Waals surface area contributed by atoms with E-state index in [1.807, 2.05) is 18.9 Å². The third-order valence-corrected chi connectivity index (χ3v) is 1.19. The maximum absolute atomic E-state index is 4.10. The molecule has 0 aliphatic carbocycles. The van der Waals surface area contributed by atoms with E-state index in [1.165, 1.54) is 0 Å². The highest BCUT2D eigenvalue weighted by Crippen LogP contribution is 1.99. The van der Waals surface area contributed by atoms with E-state index in [0.717, 1.165) is 12.4 Å². The summed E-state index contributed by atoms with van der Waals surface area (Å²) < 4.78 is 0. The number of nitrogens with zero attached hydrogens (tertiary/aromatic N) is 2. The minimum Gasteiger partial charge on any atom is -0.357 e. The first-order chi connectivity index (χ1) is 3.30. The van der Waals surface area contributed by atoms with Crippen molar-refractivity contribution in [3.63, 3.8) is 0 Å². The molecule has 0 aromatic rings. The van der Waals surface area contributed by atoms with Gasteiger partial charge in [-0.05, 0) is 6.92 Å². The number of rotatable bonds is 0. The predicted molar refractivity (Wildman–Crippen MR) is 30.0 cm³/mol. The molecule has 0 saturated carbocycles. The van der Waals surface area contributed by atoms with Crippen molar-refractivity contribution in [3.8, 4) is 0 Å². The zero-order valence-electron chi connectivity index (χ0n) is 4.68. The number of hydrogen-bond acceptors (Lipinski definition) is 2. The van der Waals surface area contributed by atoms with Gasteiger partial charge in [0.1, 0.15) is 0 Å². The molecule has 1 radical (unpaired) electrons. The SMILES string of the molecule is CC1=NC[CH]N1C. The van der Waals surface area contributed by atoms with Crippen LogP contribution in [0.15, 0.2) is 4.99 Å². The summed E-state index contributed by atoms with van der Waals surface area (Å²) in [7, 11) is 2.01. The number of hydrogen-bond donors (Lipinski definition) is 0. The Labute approximate surface area is 43.8 Å². The van der Waals surface area contributed by atoms with E-state index in [0.29, 0.717) is 0 Å². The zero-order chi connectivity index (χ0) is 5.28. The average molecular weight is 97.1 g/mol. The molecule has 2 nitrogen and oxygen atoms in total. The van der Waals surface area contributed by atoms with Crippen LogP contribution in [0, 0.1) is 6.54 Å². The minimum atomic E-state index is 0.863. The van der Waals surface area contributed by atoms with Crippen molar-refractivity contribution in [1.29, 1.82) is 0 Å². The van der Waals surface area contributed by atoms with E-state index in [-0.39, 0.29) is 0 Å². The lowest BCUT2D eigenvalue weighted by Crippen LogP contribution is -2.14. The smallest absolute Gasteiger partial charge is 0.0959 e. The minimum absolute atomic E-state index is 0.863. The van der Waals surface area contributed by atoms with Gasteiger partial charge in [-0.1, -0.05) is 0 Å².